The standard InChI is InChI=1S/C27H25N5O2S/c1-19(24(33)31(17-20-11-5-3-6-12-20)18-21-13-7-4-8-14-21)35-27-29-28-26-30(2)25(34)22-15-9-10-16-23(22)32(26)27/h3-16,19H,17-18H2,1-2H3. The number of thioether (sulfide) groups is 1. The van der Waals surface area contributed by atoms with Crippen LogP contribution in [-0.2, 0) is 24.9 Å². The Morgan fingerprint density at radius 3 is 2.09 bits per heavy atom. The van der Waals surface area contributed by atoms with E-state index >= 15 is 0 Å². The first kappa shape index (κ1) is 22.9. The molecule has 5 rings (SSSR count). The Bertz CT molecular complexity index is 1510. The van der Waals surface area contributed by atoms with Crippen LogP contribution < -0.4 is 5.56 Å². The highest BCUT2D eigenvalue weighted by atomic mass is 32.2. The number of para-hydroxylation sites is 1. The van der Waals surface area contributed by atoms with Crippen LogP contribution in [0.25, 0.3) is 16.7 Å². The number of carbonyl (C=O) groups is 1. The molecule has 0 aliphatic rings. The SMILES string of the molecule is CC(Sc1nnc2n(C)c(=O)c3ccccc3n12)C(=O)N(Cc1ccccc1)Cc1ccccc1. The van der Waals surface area contributed by atoms with E-state index in [0.29, 0.717) is 29.4 Å². The predicted octanol–water partition coefficient (Wildman–Crippen LogP) is 4.29. The Balaban J connectivity index is 1.47. The number of aryl methyl sites for hydroxylation is 1. The first-order valence-corrected chi connectivity index (χ1v) is 12.3. The van der Waals surface area contributed by atoms with Crippen LogP contribution in [0.4, 0.5) is 0 Å². The quantitative estimate of drug-likeness (QED) is 0.323. The van der Waals surface area contributed by atoms with E-state index in [1.807, 2.05) is 95.1 Å². The van der Waals surface area contributed by atoms with Gasteiger partial charge in [-0.05, 0) is 30.2 Å². The first-order valence-electron chi connectivity index (χ1n) is 11.4. The van der Waals surface area contributed by atoms with Crippen LogP contribution in [0.1, 0.15) is 18.1 Å². The number of carbonyl (C=O) groups excluding carboxylic acids is 1. The second kappa shape index (κ2) is 9.76. The zero-order valence-corrected chi connectivity index (χ0v) is 20.4. The molecule has 35 heavy (non-hydrogen) atoms. The number of nitrogens with zero attached hydrogens (tertiary/aromatic N) is 5. The average Bonchev–Trinajstić information content (AvgIpc) is 3.31. The maximum absolute atomic E-state index is 13.7. The number of benzene rings is 3. The molecule has 0 bridgehead atoms. The smallest absolute Gasteiger partial charge is 0.262 e. The van der Waals surface area contributed by atoms with E-state index < -0.39 is 5.25 Å². The molecule has 0 radical (unpaired) electrons. The molecule has 0 saturated heterocycles. The fraction of sp³-hybridized carbons (Fsp3) is 0.185. The van der Waals surface area contributed by atoms with E-state index in [1.54, 1.807) is 13.1 Å². The van der Waals surface area contributed by atoms with Crippen molar-refractivity contribution < 1.29 is 4.79 Å². The van der Waals surface area contributed by atoms with Gasteiger partial charge in [-0.1, -0.05) is 84.6 Å². The fourth-order valence-electron chi connectivity index (χ4n) is 4.17. The highest BCUT2D eigenvalue weighted by Gasteiger charge is 2.25. The van der Waals surface area contributed by atoms with Crippen molar-refractivity contribution in [2.75, 3.05) is 0 Å². The topological polar surface area (TPSA) is 72.5 Å². The number of rotatable bonds is 7. The molecule has 3 aromatic carbocycles. The van der Waals surface area contributed by atoms with Gasteiger partial charge in [0.2, 0.25) is 11.7 Å². The van der Waals surface area contributed by atoms with Gasteiger partial charge in [-0.25, -0.2) is 0 Å². The minimum atomic E-state index is -0.411. The Labute approximate surface area is 207 Å². The van der Waals surface area contributed by atoms with Crippen molar-refractivity contribution in [2.24, 2.45) is 7.05 Å². The molecule has 8 heteroatoms. The summed E-state index contributed by atoms with van der Waals surface area (Å²) >= 11 is 1.35. The van der Waals surface area contributed by atoms with Crippen molar-refractivity contribution in [2.45, 2.75) is 30.4 Å². The molecule has 0 saturated carbocycles. The van der Waals surface area contributed by atoms with E-state index in [9.17, 15) is 9.59 Å². The van der Waals surface area contributed by atoms with Crippen LogP contribution >= 0.6 is 11.8 Å². The summed E-state index contributed by atoms with van der Waals surface area (Å²) < 4.78 is 3.34. The Morgan fingerprint density at radius 2 is 1.46 bits per heavy atom. The van der Waals surface area contributed by atoms with Crippen LogP contribution in [0.3, 0.4) is 0 Å². The van der Waals surface area contributed by atoms with Gasteiger partial charge in [0.1, 0.15) is 0 Å². The minimum Gasteiger partial charge on any atom is -0.333 e. The molecule has 176 valence electrons. The van der Waals surface area contributed by atoms with E-state index in [-0.39, 0.29) is 11.5 Å². The normalized spacial score (nSPS) is 12.2. The molecule has 1 unspecified atom stereocenters. The lowest BCUT2D eigenvalue weighted by Gasteiger charge is -2.26. The van der Waals surface area contributed by atoms with Crippen molar-refractivity contribution in [1.82, 2.24) is 24.1 Å². The summed E-state index contributed by atoms with van der Waals surface area (Å²) in [6, 6.07) is 27.4. The molecule has 0 spiro atoms. The molecule has 0 aliphatic carbocycles. The molecule has 1 atom stereocenters. The van der Waals surface area contributed by atoms with Crippen LogP contribution in [0.5, 0.6) is 0 Å². The lowest BCUT2D eigenvalue weighted by molar-refractivity contribution is -0.131. The highest BCUT2D eigenvalue weighted by Crippen LogP contribution is 2.27. The Morgan fingerprint density at radius 1 is 0.886 bits per heavy atom. The largest absolute Gasteiger partial charge is 0.333 e. The summed E-state index contributed by atoms with van der Waals surface area (Å²) in [5, 5.41) is 9.34. The number of fused-ring (bicyclic) bond motifs is 3. The zero-order chi connectivity index (χ0) is 24.4. The van der Waals surface area contributed by atoms with Crippen molar-refractivity contribution in [1.29, 1.82) is 0 Å². The van der Waals surface area contributed by atoms with E-state index in [0.717, 1.165) is 16.6 Å². The van der Waals surface area contributed by atoms with Crippen LogP contribution in [0, 0.1) is 0 Å². The molecule has 1 amide bonds. The van der Waals surface area contributed by atoms with Gasteiger partial charge in [-0.3, -0.25) is 18.6 Å². The number of hydrogen-bond donors (Lipinski definition) is 0. The highest BCUT2D eigenvalue weighted by molar-refractivity contribution is 8.00. The molecule has 2 aromatic heterocycles. The van der Waals surface area contributed by atoms with Gasteiger partial charge in [0.15, 0.2) is 5.16 Å². The number of aromatic nitrogens is 4. The molecule has 0 aliphatic heterocycles. The first-order chi connectivity index (χ1) is 17.0. The van der Waals surface area contributed by atoms with E-state index in [1.165, 1.54) is 16.3 Å². The number of amides is 1. The second-order valence-electron chi connectivity index (χ2n) is 8.42. The average molecular weight is 484 g/mol. The van der Waals surface area contributed by atoms with Crippen LogP contribution in [0.15, 0.2) is 94.9 Å². The molecule has 7 nitrogen and oxygen atoms in total. The van der Waals surface area contributed by atoms with Crippen molar-refractivity contribution in [3.05, 3.63) is 106 Å². The lowest BCUT2D eigenvalue weighted by Crippen LogP contribution is -2.35. The second-order valence-corrected chi connectivity index (χ2v) is 9.73. The summed E-state index contributed by atoms with van der Waals surface area (Å²) in [5.74, 6) is 0.454. The monoisotopic (exact) mass is 483 g/mol. The van der Waals surface area contributed by atoms with Crippen molar-refractivity contribution in [3.8, 4) is 0 Å². The summed E-state index contributed by atoms with van der Waals surface area (Å²) in [6.45, 7) is 2.91. The van der Waals surface area contributed by atoms with Crippen LogP contribution in [-0.4, -0.2) is 35.2 Å². The molecule has 0 N–H and O–H groups in total. The molecule has 0 fully saturated rings. The summed E-state index contributed by atoms with van der Waals surface area (Å²) in [6.07, 6.45) is 0. The lowest BCUT2D eigenvalue weighted by atomic mass is 10.1. The third-order valence-corrected chi connectivity index (χ3v) is 7.00. The Hall–Kier alpha value is -3.91. The van der Waals surface area contributed by atoms with E-state index in [2.05, 4.69) is 10.2 Å². The summed E-state index contributed by atoms with van der Waals surface area (Å²) in [5.41, 5.74) is 2.74. The van der Waals surface area contributed by atoms with Gasteiger partial charge in [0.05, 0.1) is 16.2 Å². The summed E-state index contributed by atoms with van der Waals surface area (Å²) in [7, 11) is 1.68. The predicted molar refractivity (Wildman–Crippen MR) is 138 cm³/mol. The minimum absolute atomic E-state index is 0.00795. The fourth-order valence-corrected chi connectivity index (χ4v) is 5.11. The summed E-state index contributed by atoms with van der Waals surface area (Å²) in [4.78, 5) is 28.3. The van der Waals surface area contributed by atoms with Gasteiger partial charge < -0.3 is 4.90 Å². The molecule has 5 aromatic rings. The van der Waals surface area contributed by atoms with Gasteiger partial charge in [-0.15, -0.1) is 10.2 Å². The van der Waals surface area contributed by atoms with Crippen molar-refractivity contribution >= 4 is 34.3 Å². The molecular weight excluding hydrogens is 458 g/mol. The third kappa shape index (κ3) is 4.57. The third-order valence-electron chi connectivity index (χ3n) is 5.97. The maximum Gasteiger partial charge on any atom is 0.262 e. The van der Waals surface area contributed by atoms with Crippen molar-refractivity contribution in [3.63, 3.8) is 0 Å². The van der Waals surface area contributed by atoms with Gasteiger partial charge >= 0.3 is 0 Å². The zero-order valence-electron chi connectivity index (χ0n) is 19.5. The van der Waals surface area contributed by atoms with Gasteiger partial charge in [0.25, 0.3) is 5.56 Å². The van der Waals surface area contributed by atoms with Gasteiger partial charge in [-0.2, -0.15) is 0 Å². The molecular formula is C27H25N5O2S. The Kier molecular flexibility index (Phi) is 6.37. The number of hydrogen-bond acceptors (Lipinski definition) is 5. The van der Waals surface area contributed by atoms with E-state index in [4.69, 9.17) is 0 Å². The maximum atomic E-state index is 13.7. The van der Waals surface area contributed by atoms with Gasteiger partial charge in [0, 0.05) is 20.1 Å². The van der Waals surface area contributed by atoms with Crippen LogP contribution in [0.2, 0.25) is 0 Å². The molecule has 2 heterocycles.